The van der Waals surface area contributed by atoms with E-state index in [-0.39, 0.29) is 0 Å². The molecule has 2 N–H and O–H groups in total. The van der Waals surface area contributed by atoms with Crippen LogP contribution in [0, 0.1) is 5.92 Å². The van der Waals surface area contributed by atoms with Crippen molar-refractivity contribution < 1.29 is 0 Å². The summed E-state index contributed by atoms with van der Waals surface area (Å²) in [6.07, 6.45) is 5.69. The van der Waals surface area contributed by atoms with E-state index in [2.05, 4.69) is 26.9 Å². The van der Waals surface area contributed by atoms with Crippen molar-refractivity contribution in [3.63, 3.8) is 0 Å². The minimum Gasteiger partial charge on any atom is -0.383 e. The van der Waals surface area contributed by atoms with E-state index in [1.165, 1.54) is 25.8 Å². The first-order valence-electron chi connectivity index (χ1n) is 7.08. The van der Waals surface area contributed by atoms with Gasteiger partial charge in [0.25, 0.3) is 0 Å². The lowest BCUT2D eigenvalue weighted by molar-refractivity contribution is 0.364. The van der Waals surface area contributed by atoms with Gasteiger partial charge < -0.3 is 10.6 Å². The second-order valence-electron chi connectivity index (χ2n) is 5.20. The van der Waals surface area contributed by atoms with Gasteiger partial charge >= 0.3 is 0 Å². The Morgan fingerprint density at radius 3 is 3.16 bits per heavy atom. The molecule has 1 aliphatic heterocycles. The molecule has 1 fully saturated rings. The van der Waals surface area contributed by atoms with Gasteiger partial charge in [-0.25, -0.2) is 0 Å². The van der Waals surface area contributed by atoms with Crippen LogP contribution in [-0.4, -0.2) is 29.8 Å². The smallest absolute Gasteiger partial charge is 0.0950 e. The van der Waals surface area contributed by atoms with Gasteiger partial charge in [0.15, 0.2) is 0 Å². The molecule has 19 heavy (non-hydrogen) atoms. The number of fused-ring (bicyclic) bond motifs is 1. The summed E-state index contributed by atoms with van der Waals surface area (Å²) >= 11 is 0. The minimum absolute atomic E-state index is 0.808. The number of nitrogens with zero attached hydrogens (tertiary/aromatic N) is 2. The molecule has 2 heterocycles. The average Bonchev–Trinajstić information content (AvgIpc) is 2.49. The lowest BCUT2D eigenvalue weighted by atomic mass is 9.96. The van der Waals surface area contributed by atoms with Gasteiger partial charge in [0.2, 0.25) is 0 Å². The molecule has 1 aromatic carbocycles. The van der Waals surface area contributed by atoms with Crippen molar-refractivity contribution in [3.05, 3.63) is 30.5 Å². The van der Waals surface area contributed by atoms with Crippen LogP contribution in [0.25, 0.3) is 10.9 Å². The molecule has 0 radical (unpaired) electrons. The highest BCUT2D eigenvalue weighted by Gasteiger charge is 2.12. The summed E-state index contributed by atoms with van der Waals surface area (Å²) in [5, 5.41) is 16.3. The van der Waals surface area contributed by atoms with E-state index in [4.69, 9.17) is 0 Å². The summed E-state index contributed by atoms with van der Waals surface area (Å²) in [6, 6.07) is 8.13. The van der Waals surface area contributed by atoms with Crippen molar-refractivity contribution in [1.29, 1.82) is 0 Å². The summed E-state index contributed by atoms with van der Waals surface area (Å²) in [5.41, 5.74) is 2.04. The zero-order chi connectivity index (χ0) is 12.9. The largest absolute Gasteiger partial charge is 0.383 e. The molecular weight excluding hydrogens is 236 g/mol. The summed E-state index contributed by atoms with van der Waals surface area (Å²) in [6.45, 7) is 3.35. The predicted octanol–water partition coefficient (Wildman–Crippen LogP) is 2.43. The monoisotopic (exact) mass is 256 g/mol. The lowest BCUT2D eigenvalue weighted by Gasteiger charge is -2.22. The quantitative estimate of drug-likeness (QED) is 0.882. The van der Waals surface area contributed by atoms with Crippen molar-refractivity contribution in [2.45, 2.75) is 19.3 Å². The normalized spacial score (nSPS) is 19.5. The predicted molar refractivity (Wildman–Crippen MR) is 78.2 cm³/mol. The number of hydrogen-bond donors (Lipinski definition) is 2. The fraction of sp³-hybridized carbons (Fsp3) is 0.467. The molecule has 0 spiro atoms. The number of piperidine rings is 1. The SMILES string of the molecule is c1ccc2c(NCCC3CCCNC3)cnnc2c1. The van der Waals surface area contributed by atoms with Gasteiger partial charge in [0.05, 0.1) is 17.4 Å². The Morgan fingerprint density at radius 1 is 1.32 bits per heavy atom. The molecule has 0 amide bonds. The first-order chi connectivity index (χ1) is 9.43. The minimum atomic E-state index is 0.808. The van der Waals surface area contributed by atoms with Crippen LogP contribution in [0.2, 0.25) is 0 Å². The number of anilines is 1. The molecule has 3 rings (SSSR count). The maximum Gasteiger partial charge on any atom is 0.0950 e. The maximum atomic E-state index is 4.14. The Balaban J connectivity index is 1.62. The van der Waals surface area contributed by atoms with E-state index in [0.717, 1.165) is 35.6 Å². The second kappa shape index (κ2) is 5.97. The first-order valence-corrected chi connectivity index (χ1v) is 7.08. The van der Waals surface area contributed by atoms with Crippen LogP contribution in [0.1, 0.15) is 19.3 Å². The number of benzene rings is 1. The highest BCUT2D eigenvalue weighted by molar-refractivity contribution is 5.90. The molecule has 1 unspecified atom stereocenters. The molecule has 1 aliphatic rings. The summed E-state index contributed by atoms with van der Waals surface area (Å²) in [7, 11) is 0. The van der Waals surface area contributed by atoms with Gasteiger partial charge in [-0.3, -0.25) is 0 Å². The van der Waals surface area contributed by atoms with Gasteiger partial charge in [0.1, 0.15) is 0 Å². The zero-order valence-corrected chi connectivity index (χ0v) is 11.1. The van der Waals surface area contributed by atoms with Crippen LogP contribution in [0.3, 0.4) is 0 Å². The highest BCUT2D eigenvalue weighted by Crippen LogP contribution is 2.20. The van der Waals surface area contributed by atoms with Crippen LogP contribution in [0.5, 0.6) is 0 Å². The molecule has 1 aromatic heterocycles. The van der Waals surface area contributed by atoms with Crippen LogP contribution in [0.15, 0.2) is 30.5 Å². The van der Waals surface area contributed by atoms with Crippen molar-refractivity contribution in [2.24, 2.45) is 5.92 Å². The standard InChI is InChI=1S/C15H20N4/c1-2-6-14-13(5-1)15(11-18-19-14)17-9-7-12-4-3-8-16-10-12/h1-2,5-6,11-12,16H,3-4,7-10H2,(H,17,19). The van der Waals surface area contributed by atoms with Crippen molar-refractivity contribution in [2.75, 3.05) is 25.0 Å². The van der Waals surface area contributed by atoms with Crippen LogP contribution in [-0.2, 0) is 0 Å². The van der Waals surface area contributed by atoms with E-state index >= 15 is 0 Å². The number of nitrogens with one attached hydrogen (secondary N) is 2. The molecule has 4 heteroatoms. The molecule has 0 bridgehead atoms. The van der Waals surface area contributed by atoms with E-state index in [9.17, 15) is 0 Å². The van der Waals surface area contributed by atoms with E-state index in [1.807, 2.05) is 24.4 Å². The lowest BCUT2D eigenvalue weighted by Crippen LogP contribution is -2.30. The molecule has 1 saturated heterocycles. The Labute approximate surface area is 113 Å². The van der Waals surface area contributed by atoms with Gasteiger partial charge in [0, 0.05) is 11.9 Å². The summed E-state index contributed by atoms with van der Waals surface area (Å²) in [5.74, 6) is 0.808. The molecule has 2 aromatic rings. The molecule has 100 valence electrons. The Hall–Kier alpha value is -1.68. The third-order valence-electron chi connectivity index (χ3n) is 3.81. The Bertz CT molecular complexity index is 529. The summed E-state index contributed by atoms with van der Waals surface area (Å²) < 4.78 is 0. The van der Waals surface area contributed by atoms with Gasteiger partial charge in [-0.2, -0.15) is 10.2 Å². The molecular formula is C15H20N4. The van der Waals surface area contributed by atoms with E-state index in [0.29, 0.717) is 0 Å². The topological polar surface area (TPSA) is 49.8 Å². The molecule has 4 nitrogen and oxygen atoms in total. The van der Waals surface area contributed by atoms with E-state index in [1.54, 1.807) is 0 Å². The van der Waals surface area contributed by atoms with Crippen LogP contribution < -0.4 is 10.6 Å². The number of hydrogen-bond acceptors (Lipinski definition) is 4. The van der Waals surface area contributed by atoms with Crippen LogP contribution >= 0.6 is 0 Å². The molecule has 0 saturated carbocycles. The van der Waals surface area contributed by atoms with Crippen molar-refractivity contribution in [3.8, 4) is 0 Å². The molecule has 1 atom stereocenters. The van der Waals surface area contributed by atoms with Gasteiger partial charge in [-0.15, -0.1) is 0 Å². The maximum absolute atomic E-state index is 4.14. The number of rotatable bonds is 4. The third-order valence-corrected chi connectivity index (χ3v) is 3.81. The fourth-order valence-corrected chi connectivity index (χ4v) is 2.73. The van der Waals surface area contributed by atoms with Gasteiger partial charge in [-0.1, -0.05) is 18.2 Å². The second-order valence-corrected chi connectivity index (χ2v) is 5.20. The van der Waals surface area contributed by atoms with E-state index < -0.39 is 0 Å². The first kappa shape index (κ1) is 12.4. The van der Waals surface area contributed by atoms with Crippen LogP contribution in [0.4, 0.5) is 5.69 Å². The van der Waals surface area contributed by atoms with Crippen molar-refractivity contribution >= 4 is 16.6 Å². The Kier molecular flexibility index (Phi) is 3.89. The van der Waals surface area contributed by atoms with Crippen molar-refractivity contribution in [1.82, 2.24) is 15.5 Å². The molecule has 0 aliphatic carbocycles. The third kappa shape index (κ3) is 3.01. The fourth-order valence-electron chi connectivity index (χ4n) is 2.73. The average molecular weight is 256 g/mol. The summed E-state index contributed by atoms with van der Waals surface area (Å²) in [4.78, 5) is 0. The zero-order valence-electron chi connectivity index (χ0n) is 11.1. The highest BCUT2D eigenvalue weighted by atomic mass is 15.1. The van der Waals surface area contributed by atoms with Gasteiger partial charge in [-0.05, 0) is 44.3 Å². The Morgan fingerprint density at radius 2 is 2.26 bits per heavy atom. The number of aromatic nitrogens is 2.